The summed E-state index contributed by atoms with van der Waals surface area (Å²) < 4.78 is 10.1. The minimum atomic E-state index is -0.191. The Bertz CT molecular complexity index is 320. The highest BCUT2D eigenvalue weighted by atomic mass is 16.5. The van der Waals surface area contributed by atoms with Crippen molar-refractivity contribution in [2.24, 2.45) is 0 Å². The van der Waals surface area contributed by atoms with Crippen molar-refractivity contribution in [3.05, 3.63) is 0 Å². The minimum absolute atomic E-state index is 0.162. The first-order valence-corrected chi connectivity index (χ1v) is 8.73. The third-order valence-electron chi connectivity index (χ3n) is 3.79. The first-order valence-electron chi connectivity index (χ1n) is 8.73. The highest BCUT2D eigenvalue weighted by molar-refractivity contribution is 5.76. The third-order valence-corrected chi connectivity index (χ3v) is 3.79. The molecule has 0 aromatic heterocycles. The molecule has 0 bridgehead atoms. The molecule has 0 saturated carbocycles. The molecule has 0 aromatic carbocycles. The average molecular weight is 330 g/mol. The summed E-state index contributed by atoms with van der Waals surface area (Å²) in [6, 6.07) is 0. The van der Waals surface area contributed by atoms with Gasteiger partial charge in [-0.05, 0) is 25.9 Å². The number of amides is 1. The van der Waals surface area contributed by atoms with Gasteiger partial charge in [-0.1, -0.05) is 20.8 Å². The van der Waals surface area contributed by atoms with Crippen LogP contribution < -0.4 is 0 Å². The molecule has 0 radical (unpaired) electrons. The van der Waals surface area contributed by atoms with Crippen LogP contribution in [0.25, 0.3) is 0 Å². The highest BCUT2D eigenvalue weighted by Crippen LogP contribution is 2.02. The van der Waals surface area contributed by atoms with E-state index in [2.05, 4.69) is 18.7 Å². The number of ether oxygens (including phenoxy) is 2. The van der Waals surface area contributed by atoms with E-state index in [0.717, 1.165) is 26.1 Å². The van der Waals surface area contributed by atoms with Crippen LogP contribution in [0.1, 0.15) is 46.5 Å². The number of hydrogen-bond donors (Lipinski definition) is 0. The van der Waals surface area contributed by atoms with Gasteiger partial charge in [-0.2, -0.15) is 0 Å². The van der Waals surface area contributed by atoms with Crippen molar-refractivity contribution >= 4 is 11.9 Å². The Kier molecular flexibility index (Phi) is 13.7. The van der Waals surface area contributed by atoms with Gasteiger partial charge in [0.05, 0.1) is 6.61 Å². The van der Waals surface area contributed by atoms with E-state index in [0.29, 0.717) is 45.6 Å². The second-order valence-corrected chi connectivity index (χ2v) is 5.43. The van der Waals surface area contributed by atoms with Crippen molar-refractivity contribution in [3.63, 3.8) is 0 Å². The van der Waals surface area contributed by atoms with Crippen LogP contribution in [0.5, 0.6) is 0 Å². The van der Waals surface area contributed by atoms with Crippen LogP contribution in [0, 0.1) is 0 Å². The van der Waals surface area contributed by atoms with E-state index in [1.807, 2.05) is 4.90 Å². The predicted octanol–water partition coefficient (Wildman–Crippen LogP) is 1.93. The first kappa shape index (κ1) is 21.9. The molecule has 23 heavy (non-hydrogen) atoms. The van der Waals surface area contributed by atoms with Crippen LogP contribution in [-0.4, -0.2) is 74.7 Å². The smallest absolute Gasteiger partial charge is 0.305 e. The van der Waals surface area contributed by atoms with Crippen LogP contribution in [0.15, 0.2) is 0 Å². The van der Waals surface area contributed by atoms with Crippen molar-refractivity contribution in [2.75, 3.05) is 53.0 Å². The van der Waals surface area contributed by atoms with Crippen LogP contribution in [0.2, 0.25) is 0 Å². The van der Waals surface area contributed by atoms with Gasteiger partial charge in [0, 0.05) is 46.2 Å². The number of esters is 1. The zero-order valence-electron chi connectivity index (χ0n) is 15.3. The van der Waals surface area contributed by atoms with Crippen LogP contribution in [0.4, 0.5) is 0 Å². The Morgan fingerprint density at radius 1 is 0.913 bits per heavy atom. The van der Waals surface area contributed by atoms with Gasteiger partial charge in [0.15, 0.2) is 0 Å². The molecule has 0 unspecified atom stereocenters. The molecule has 0 aliphatic carbocycles. The largest absolute Gasteiger partial charge is 0.466 e. The lowest BCUT2D eigenvalue weighted by atomic mass is 10.2. The van der Waals surface area contributed by atoms with E-state index in [1.165, 1.54) is 0 Å². The molecule has 0 rings (SSSR count). The Morgan fingerprint density at radius 3 is 2.04 bits per heavy atom. The number of hydrogen-bond acceptors (Lipinski definition) is 5. The Hall–Kier alpha value is -1.14. The molecule has 136 valence electrons. The van der Waals surface area contributed by atoms with Gasteiger partial charge in [0.1, 0.15) is 0 Å². The zero-order chi connectivity index (χ0) is 17.5. The second-order valence-electron chi connectivity index (χ2n) is 5.43. The summed E-state index contributed by atoms with van der Waals surface area (Å²) in [6.07, 6.45) is 2.42. The van der Waals surface area contributed by atoms with Crippen LogP contribution >= 0.6 is 0 Å². The molecule has 0 spiro atoms. The lowest BCUT2D eigenvalue weighted by Gasteiger charge is -2.24. The Morgan fingerprint density at radius 2 is 1.52 bits per heavy atom. The summed E-state index contributed by atoms with van der Waals surface area (Å²) in [6.45, 7) is 11.0. The summed E-state index contributed by atoms with van der Waals surface area (Å²) in [4.78, 5) is 27.6. The van der Waals surface area contributed by atoms with E-state index < -0.39 is 0 Å². The van der Waals surface area contributed by atoms with Crippen molar-refractivity contribution in [3.8, 4) is 0 Å². The van der Waals surface area contributed by atoms with Gasteiger partial charge in [0.2, 0.25) is 5.91 Å². The molecule has 6 heteroatoms. The highest BCUT2D eigenvalue weighted by Gasteiger charge is 2.14. The molecule has 0 aromatic rings. The van der Waals surface area contributed by atoms with Gasteiger partial charge in [-0.3, -0.25) is 9.59 Å². The van der Waals surface area contributed by atoms with E-state index >= 15 is 0 Å². The Balaban J connectivity index is 4.24. The summed E-state index contributed by atoms with van der Waals surface area (Å²) in [5.41, 5.74) is 0. The lowest BCUT2D eigenvalue weighted by Crippen LogP contribution is -2.36. The molecule has 1 amide bonds. The van der Waals surface area contributed by atoms with E-state index in [1.54, 1.807) is 14.0 Å². The summed E-state index contributed by atoms with van der Waals surface area (Å²) in [7, 11) is 1.66. The molecule has 0 saturated heterocycles. The second kappa shape index (κ2) is 14.5. The van der Waals surface area contributed by atoms with Gasteiger partial charge in [-0.15, -0.1) is 0 Å². The van der Waals surface area contributed by atoms with Gasteiger partial charge >= 0.3 is 5.97 Å². The Labute approximate surface area is 141 Å². The molecule has 6 nitrogen and oxygen atoms in total. The van der Waals surface area contributed by atoms with Crippen molar-refractivity contribution < 1.29 is 19.1 Å². The van der Waals surface area contributed by atoms with E-state index in [9.17, 15) is 9.59 Å². The van der Waals surface area contributed by atoms with Gasteiger partial charge < -0.3 is 19.3 Å². The molecule has 0 heterocycles. The topological polar surface area (TPSA) is 59.1 Å². The normalized spacial score (nSPS) is 10.8. The molecule has 0 aliphatic rings. The SMILES string of the molecule is CCC(=O)OCCCN(CCCOC)C(=O)CCN(CC)CC. The first-order chi connectivity index (χ1) is 11.1. The van der Waals surface area contributed by atoms with Crippen molar-refractivity contribution in [1.29, 1.82) is 0 Å². The maximum atomic E-state index is 12.4. The zero-order valence-corrected chi connectivity index (χ0v) is 15.3. The van der Waals surface area contributed by atoms with Crippen molar-refractivity contribution in [2.45, 2.75) is 46.5 Å². The van der Waals surface area contributed by atoms with E-state index in [4.69, 9.17) is 9.47 Å². The summed E-state index contributed by atoms with van der Waals surface area (Å²) in [5, 5.41) is 0. The lowest BCUT2D eigenvalue weighted by molar-refractivity contribution is -0.143. The number of rotatable bonds is 14. The van der Waals surface area contributed by atoms with E-state index in [-0.39, 0.29) is 11.9 Å². The monoisotopic (exact) mass is 330 g/mol. The summed E-state index contributed by atoms with van der Waals surface area (Å²) in [5.74, 6) is -0.0291. The molecule has 0 N–H and O–H groups in total. The fraction of sp³-hybridized carbons (Fsp3) is 0.882. The standard InChI is InChI=1S/C17H34N2O4/c1-5-17(21)23-15-9-12-19(11-8-14-22-4)16(20)10-13-18(6-2)7-3/h5-15H2,1-4H3. The van der Waals surface area contributed by atoms with Crippen LogP contribution in [-0.2, 0) is 19.1 Å². The maximum Gasteiger partial charge on any atom is 0.305 e. The molecule has 0 aliphatic heterocycles. The van der Waals surface area contributed by atoms with Gasteiger partial charge in [0.25, 0.3) is 0 Å². The average Bonchev–Trinajstić information content (AvgIpc) is 2.57. The van der Waals surface area contributed by atoms with Crippen molar-refractivity contribution in [1.82, 2.24) is 9.80 Å². The number of methoxy groups -OCH3 is 1. The molecule has 0 atom stereocenters. The van der Waals surface area contributed by atoms with Crippen LogP contribution in [0.3, 0.4) is 0 Å². The summed E-state index contributed by atoms with van der Waals surface area (Å²) >= 11 is 0. The number of carbonyl (C=O) groups is 2. The predicted molar refractivity (Wildman–Crippen MR) is 91.3 cm³/mol. The number of nitrogens with zero attached hydrogens (tertiary/aromatic N) is 2. The number of carbonyl (C=O) groups excluding carboxylic acids is 2. The quantitative estimate of drug-likeness (QED) is 0.360. The fourth-order valence-corrected chi connectivity index (χ4v) is 2.26. The molecular formula is C17H34N2O4. The molecular weight excluding hydrogens is 296 g/mol. The minimum Gasteiger partial charge on any atom is -0.466 e. The van der Waals surface area contributed by atoms with Gasteiger partial charge in [-0.25, -0.2) is 0 Å². The maximum absolute atomic E-state index is 12.4. The fourth-order valence-electron chi connectivity index (χ4n) is 2.26. The molecule has 0 fully saturated rings. The third kappa shape index (κ3) is 11.1.